The van der Waals surface area contributed by atoms with Gasteiger partial charge in [0.2, 0.25) is 0 Å². The molecule has 1 aliphatic heterocycles. The van der Waals surface area contributed by atoms with Crippen molar-refractivity contribution in [2.75, 3.05) is 0 Å². The van der Waals surface area contributed by atoms with Crippen LogP contribution in [0, 0.1) is 0 Å². The second-order valence-corrected chi connectivity index (χ2v) is 16.7. The first-order valence-corrected chi connectivity index (χ1v) is 21.5. The minimum atomic E-state index is -5.24. The molecule has 1 aliphatic rings. The summed E-state index contributed by atoms with van der Waals surface area (Å²) < 4.78 is 93.5. The molecule has 7 rings (SSSR count). The van der Waals surface area contributed by atoms with Gasteiger partial charge >= 0.3 is 13.3 Å². The summed E-state index contributed by atoms with van der Waals surface area (Å²) >= 11 is 0. The average Bonchev–Trinajstić information content (AvgIpc) is 3.30. The van der Waals surface area contributed by atoms with Gasteiger partial charge in [-0.3, -0.25) is 13.6 Å². The Morgan fingerprint density at radius 1 is 0.417 bits per heavy atom. The first kappa shape index (κ1) is 43.2. The van der Waals surface area contributed by atoms with Crippen molar-refractivity contribution < 1.29 is 46.1 Å². The molecule has 60 heavy (non-hydrogen) atoms. The molecule has 312 valence electrons. The number of halogens is 2. The second-order valence-electron chi connectivity index (χ2n) is 14.5. The first-order chi connectivity index (χ1) is 29.4. The zero-order valence-electron chi connectivity index (χ0n) is 33.1. The Morgan fingerprint density at radius 2 is 0.717 bits per heavy atom. The molecule has 6 aromatic rings. The summed E-state index contributed by atoms with van der Waals surface area (Å²) in [6.07, 6.45) is -6.93. The fraction of sp³-hybridized carbons (Fsp3) is 0.265. The van der Waals surface area contributed by atoms with E-state index in [2.05, 4.69) is 0 Å². The second kappa shape index (κ2) is 21.6. The van der Waals surface area contributed by atoms with E-state index in [0.29, 0.717) is 11.1 Å². The third-order valence-corrected chi connectivity index (χ3v) is 12.0. The lowest BCUT2D eigenvalue weighted by Crippen LogP contribution is -2.61. The lowest BCUT2D eigenvalue weighted by molar-refractivity contribution is -0.330. The molecule has 6 aromatic carbocycles. The minimum absolute atomic E-state index is 0.0375. The number of ether oxygens (including phenoxy) is 5. The molecule has 0 unspecified atom stereocenters. The Labute approximate surface area is 350 Å². The van der Waals surface area contributed by atoms with Gasteiger partial charge in [0.05, 0.1) is 52.2 Å². The zero-order valence-corrected chi connectivity index (χ0v) is 34.0. The number of alkyl halides is 2. The van der Waals surface area contributed by atoms with Gasteiger partial charge in [-0.15, -0.1) is 0 Å². The molecular formula is C49H49F2O8P. The van der Waals surface area contributed by atoms with E-state index in [1.165, 1.54) is 0 Å². The van der Waals surface area contributed by atoms with E-state index in [1.54, 1.807) is 60.7 Å². The molecule has 1 heterocycles. The van der Waals surface area contributed by atoms with Gasteiger partial charge in [0, 0.05) is 0 Å². The number of hydrogen-bond acceptors (Lipinski definition) is 8. The maximum absolute atomic E-state index is 17.3. The molecule has 0 bridgehead atoms. The Balaban J connectivity index is 1.25. The lowest BCUT2D eigenvalue weighted by Gasteiger charge is -2.46. The van der Waals surface area contributed by atoms with Crippen molar-refractivity contribution in [3.8, 4) is 0 Å². The molecule has 0 spiro atoms. The molecule has 5 atom stereocenters. The predicted octanol–water partition coefficient (Wildman–Crippen LogP) is 11.3. The maximum Gasteiger partial charge on any atom is 0.400 e. The Hall–Kier alpha value is -4.87. The molecule has 0 saturated carbocycles. The van der Waals surface area contributed by atoms with Gasteiger partial charge in [-0.25, -0.2) is 0 Å². The molecule has 0 N–H and O–H groups in total. The summed E-state index contributed by atoms with van der Waals surface area (Å²) in [5.41, 5.74) is 0.391. The minimum Gasteiger partial charge on any atom is -0.368 e. The molecule has 0 aromatic heterocycles. The van der Waals surface area contributed by atoms with Crippen molar-refractivity contribution in [2.24, 2.45) is 0 Å². The number of hydrogen-bond donors (Lipinski definition) is 0. The highest BCUT2D eigenvalue weighted by molar-refractivity contribution is 7.55. The quantitative estimate of drug-likeness (QED) is 0.0663. The van der Waals surface area contributed by atoms with E-state index in [4.69, 9.17) is 32.7 Å². The topological polar surface area (TPSA) is 81.7 Å². The Kier molecular flexibility index (Phi) is 15.6. The van der Waals surface area contributed by atoms with Crippen LogP contribution in [0.4, 0.5) is 8.78 Å². The van der Waals surface area contributed by atoms with Crippen molar-refractivity contribution in [3.63, 3.8) is 0 Å². The van der Waals surface area contributed by atoms with Gasteiger partial charge in [0.15, 0.2) is 6.29 Å². The van der Waals surface area contributed by atoms with Gasteiger partial charge < -0.3 is 23.7 Å². The molecule has 1 saturated heterocycles. The van der Waals surface area contributed by atoms with Crippen molar-refractivity contribution in [3.05, 3.63) is 215 Å². The van der Waals surface area contributed by atoms with E-state index in [0.717, 1.165) is 22.3 Å². The predicted molar refractivity (Wildman–Crippen MR) is 225 cm³/mol. The number of benzene rings is 6. The van der Waals surface area contributed by atoms with E-state index in [9.17, 15) is 4.57 Å². The largest absolute Gasteiger partial charge is 0.400 e. The summed E-state index contributed by atoms with van der Waals surface area (Å²) in [6.45, 7) is -0.371. The van der Waals surface area contributed by atoms with Crippen molar-refractivity contribution in [1.29, 1.82) is 0 Å². The fourth-order valence-electron chi connectivity index (χ4n) is 6.84. The van der Waals surface area contributed by atoms with Gasteiger partial charge in [0.1, 0.15) is 18.3 Å². The van der Waals surface area contributed by atoms with Crippen molar-refractivity contribution in [1.82, 2.24) is 0 Å². The normalized spacial score (nSPS) is 19.5. The highest BCUT2D eigenvalue weighted by atomic mass is 31.2. The molecule has 1 fully saturated rings. The van der Waals surface area contributed by atoms with Crippen LogP contribution in [0.2, 0.25) is 0 Å². The van der Waals surface area contributed by atoms with Crippen LogP contribution in [0.15, 0.2) is 182 Å². The highest BCUT2D eigenvalue weighted by Crippen LogP contribution is 2.65. The average molecular weight is 835 g/mol. The standard InChI is InChI=1S/C49H49F2O8P/c50-49(51,60(52,57-36-42-27-15-5-16-28-42)58-37-43-29-17-6-18-30-43)31-44-45(53-32-38-19-7-1-8-20-38)46(54-33-39-21-9-2-10-22-39)47(55-34-40-23-11-3-12-24-40)48(59-44)56-35-41-25-13-4-14-26-41/h1-30,44-48H,31-37H2/t44-,45-,46+,47-,48-/m1/s1. The third kappa shape index (κ3) is 12.1. The summed E-state index contributed by atoms with van der Waals surface area (Å²) in [4.78, 5) is 0. The van der Waals surface area contributed by atoms with Crippen molar-refractivity contribution >= 4 is 7.60 Å². The highest BCUT2D eigenvalue weighted by Gasteiger charge is 2.59. The van der Waals surface area contributed by atoms with Gasteiger partial charge in [-0.05, 0) is 33.4 Å². The van der Waals surface area contributed by atoms with Crippen LogP contribution in [-0.2, 0) is 76.9 Å². The summed E-state index contributed by atoms with van der Waals surface area (Å²) in [5, 5.41) is 0. The van der Waals surface area contributed by atoms with E-state index in [1.807, 2.05) is 121 Å². The summed E-state index contributed by atoms with van der Waals surface area (Å²) in [6, 6.07) is 55.3. The molecule has 0 aliphatic carbocycles. The zero-order chi connectivity index (χ0) is 41.5. The van der Waals surface area contributed by atoms with E-state index in [-0.39, 0.29) is 39.6 Å². The molecule has 0 amide bonds. The van der Waals surface area contributed by atoms with Crippen molar-refractivity contribution in [2.45, 2.75) is 82.4 Å². The Morgan fingerprint density at radius 3 is 1.08 bits per heavy atom. The van der Waals surface area contributed by atoms with E-state index >= 15 is 8.78 Å². The van der Waals surface area contributed by atoms with Crippen LogP contribution < -0.4 is 0 Å². The number of rotatable bonds is 21. The smallest absolute Gasteiger partial charge is 0.368 e. The van der Waals surface area contributed by atoms with Crippen LogP contribution in [0.3, 0.4) is 0 Å². The van der Waals surface area contributed by atoms with Gasteiger partial charge in [-0.1, -0.05) is 182 Å². The molecular weight excluding hydrogens is 786 g/mol. The SMILES string of the molecule is O=P(OCc1ccccc1)(OCc1ccccc1)C(F)(F)C[C@H]1O[C@@H](OCc2ccccc2)[C@H](OCc2ccccc2)[C@@H](OCc2ccccc2)[C@@H]1OCc1ccccc1. The van der Waals surface area contributed by atoms with Crippen LogP contribution in [0.1, 0.15) is 39.8 Å². The fourth-order valence-corrected chi connectivity index (χ4v) is 8.34. The van der Waals surface area contributed by atoms with Gasteiger partial charge in [0.25, 0.3) is 0 Å². The molecule has 11 heteroatoms. The monoisotopic (exact) mass is 834 g/mol. The molecule has 0 radical (unpaired) electrons. The van der Waals surface area contributed by atoms with E-state index < -0.39 is 50.4 Å². The Bertz CT molecular complexity index is 2120. The first-order valence-electron chi connectivity index (χ1n) is 20.0. The lowest BCUT2D eigenvalue weighted by atomic mass is 9.95. The van der Waals surface area contributed by atoms with Crippen LogP contribution in [0.25, 0.3) is 0 Å². The maximum atomic E-state index is 17.3. The summed E-state index contributed by atoms with van der Waals surface area (Å²) in [7, 11) is -5.24. The summed E-state index contributed by atoms with van der Waals surface area (Å²) in [5.74, 6) is 0. The van der Waals surface area contributed by atoms with Gasteiger partial charge in [-0.2, -0.15) is 8.78 Å². The van der Waals surface area contributed by atoms with Crippen LogP contribution >= 0.6 is 7.60 Å². The molecule has 8 nitrogen and oxygen atoms in total. The third-order valence-electron chi connectivity index (χ3n) is 10.0. The van der Waals surface area contributed by atoms with Crippen LogP contribution in [0.5, 0.6) is 0 Å². The van der Waals surface area contributed by atoms with Crippen LogP contribution in [-0.4, -0.2) is 36.4 Å².